The van der Waals surface area contributed by atoms with Gasteiger partial charge in [0.1, 0.15) is 11.4 Å². The number of rotatable bonds is 9. The first-order chi connectivity index (χ1) is 15.1. The van der Waals surface area contributed by atoms with Gasteiger partial charge in [0.2, 0.25) is 0 Å². The van der Waals surface area contributed by atoms with E-state index >= 15 is 0 Å². The van der Waals surface area contributed by atoms with Crippen molar-refractivity contribution in [2.75, 3.05) is 26.5 Å². The predicted molar refractivity (Wildman–Crippen MR) is 119 cm³/mol. The Labute approximate surface area is 184 Å². The number of nitrogens with zero attached hydrogens (tertiary/aromatic N) is 3. The molecule has 3 aromatic rings. The van der Waals surface area contributed by atoms with Gasteiger partial charge in [0.05, 0.1) is 30.9 Å². The Morgan fingerprint density at radius 3 is 2.26 bits per heavy atom. The Bertz CT molecular complexity index is 1100. The number of thioether (sulfide) groups is 1. The third kappa shape index (κ3) is 4.20. The van der Waals surface area contributed by atoms with Gasteiger partial charge in [-0.2, -0.15) is 0 Å². The number of aromatic nitrogens is 2. The molecule has 0 N–H and O–H groups in total. The third-order valence-electron chi connectivity index (χ3n) is 5.25. The molecule has 7 nitrogen and oxygen atoms in total. The summed E-state index contributed by atoms with van der Waals surface area (Å²) in [7, 11) is 3.21. The SMILES string of the molecule is COc1cc2ncnc(SCCCCCN3C(=O)c4ccccc4C3=O)c2cc1OC. The summed E-state index contributed by atoms with van der Waals surface area (Å²) in [5.74, 6) is 1.78. The van der Waals surface area contributed by atoms with Crippen LogP contribution in [0.1, 0.15) is 40.0 Å². The maximum Gasteiger partial charge on any atom is 0.261 e. The molecule has 2 aromatic carbocycles. The van der Waals surface area contributed by atoms with E-state index < -0.39 is 0 Å². The number of methoxy groups -OCH3 is 2. The van der Waals surface area contributed by atoms with Crippen LogP contribution in [0.2, 0.25) is 0 Å². The first kappa shape index (κ1) is 21.1. The van der Waals surface area contributed by atoms with E-state index in [9.17, 15) is 9.59 Å². The lowest BCUT2D eigenvalue weighted by Crippen LogP contribution is -2.30. The molecule has 31 heavy (non-hydrogen) atoms. The van der Waals surface area contributed by atoms with Gasteiger partial charge in [-0.3, -0.25) is 14.5 Å². The number of amides is 2. The highest BCUT2D eigenvalue weighted by Gasteiger charge is 2.34. The van der Waals surface area contributed by atoms with Crippen molar-refractivity contribution in [2.24, 2.45) is 0 Å². The van der Waals surface area contributed by atoms with Crippen LogP contribution in [0.3, 0.4) is 0 Å². The lowest BCUT2D eigenvalue weighted by Gasteiger charge is -2.13. The fraction of sp³-hybridized carbons (Fsp3) is 0.304. The molecule has 0 saturated heterocycles. The molecule has 160 valence electrons. The summed E-state index contributed by atoms with van der Waals surface area (Å²) < 4.78 is 10.7. The van der Waals surface area contributed by atoms with Crippen molar-refractivity contribution in [3.05, 3.63) is 53.9 Å². The minimum Gasteiger partial charge on any atom is -0.493 e. The first-order valence-electron chi connectivity index (χ1n) is 10.1. The Kier molecular flexibility index (Phi) is 6.36. The molecule has 0 spiro atoms. The average molecular weight is 438 g/mol. The molecule has 0 atom stereocenters. The van der Waals surface area contributed by atoms with Crippen LogP contribution < -0.4 is 9.47 Å². The summed E-state index contributed by atoms with van der Waals surface area (Å²) in [6.45, 7) is 0.449. The quantitative estimate of drug-likeness (QED) is 0.215. The molecule has 8 heteroatoms. The van der Waals surface area contributed by atoms with Crippen LogP contribution in [-0.4, -0.2) is 53.2 Å². The van der Waals surface area contributed by atoms with E-state index in [-0.39, 0.29) is 11.8 Å². The number of hydrogen-bond donors (Lipinski definition) is 0. The topological polar surface area (TPSA) is 81.6 Å². The fourth-order valence-corrected chi connectivity index (χ4v) is 4.62. The molecule has 1 aromatic heterocycles. The largest absolute Gasteiger partial charge is 0.493 e. The number of carbonyl (C=O) groups is 2. The Morgan fingerprint density at radius 1 is 0.903 bits per heavy atom. The number of ether oxygens (including phenoxy) is 2. The molecule has 2 amide bonds. The first-order valence-corrected chi connectivity index (χ1v) is 11.1. The van der Waals surface area contributed by atoms with Crippen molar-refractivity contribution in [1.82, 2.24) is 14.9 Å². The van der Waals surface area contributed by atoms with Crippen molar-refractivity contribution < 1.29 is 19.1 Å². The number of imide groups is 1. The summed E-state index contributed by atoms with van der Waals surface area (Å²) in [6, 6.07) is 10.7. The standard InChI is InChI=1S/C23H23N3O4S/c1-29-19-12-17-18(13-20(19)30-2)24-14-25-21(17)31-11-7-3-6-10-26-22(27)15-8-4-5-9-16(15)23(26)28/h4-5,8-9,12-14H,3,6-7,10-11H2,1-2H3. The minimum atomic E-state index is -0.188. The zero-order chi connectivity index (χ0) is 21.8. The van der Waals surface area contributed by atoms with Gasteiger partial charge in [-0.1, -0.05) is 18.6 Å². The number of hydrogen-bond acceptors (Lipinski definition) is 7. The molecule has 0 radical (unpaired) electrons. The van der Waals surface area contributed by atoms with Crippen LogP contribution in [0.25, 0.3) is 10.9 Å². The highest BCUT2D eigenvalue weighted by atomic mass is 32.2. The van der Waals surface area contributed by atoms with Crippen molar-refractivity contribution in [2.45, 2.75) is 24.3 Å². The molecule has 0 aliphatic carbocycles. The van der Waals surface area contributed by atoms with E-state index in [0.717, 1.165) is 40.9 Å². The summed E-state index contributed by atoms with van der Waals surface area (Å²) in [5.41, 5.74) is 1.82. The third-order valence-corrected chi connectivity index (χ3v) is 6.34. The molecule has 1 aliphatic rings. The lowest BCUT2D eigenvalue weighted by molar-refractivity contribution is 0.0651. The second-order valence-corrected chi connectivity index (χ2v) is 8.20. The van der Waals surface area contributed by atoms with Crippen LogP contribution >= 0.6 is 11.8 Å². The van der Waals surface area contributed by atoms with Crippen molar-refractivity contribution in [3.8, 4) is 11.5 Å². The van der Waals surface area contributed by atoms with Gasteiger partial charge < -0.3 is 9.47 Å². The van der Waals surface area contributed by atoms with Gasteiger partial charge in [-0.05, 0) is 36.8 Å². The number of benzene rings is 2. The van der Waals surface area contributed by atoms with E-state index in [1.807, 2.05) is 12.1 Å². The minimum absolute atomic E-state index is 0.188. The average Bonchev–Trinajstić information content (AvgIpc) is 3.05. The smallest absolute Gasteiger partial charge is 0.261 e. The van der Waals surface area contributed by atoms with Crippen LogP contribution in [-0.2, 0) is 0 Å². The summed E-state index contributed by atoms with van der Waals surface area (Å²) in [5, 5.41) is 1.82. The molecule has 0 unspecified atom stereocenters. The van der Waals surface area contributed by atoms with Gasteiger partial charge in [0.15, 0.2) is 11.5 Å². The monoisotopic (exact) mass is 437 g/mol. The van der Waals surface area contributed by atoms with Crippen LogP contribution in [0.4, 0.5) is 0 Å². The molecular weight excluding hydrogens is 414 g/mol. The van der Waals surface area contributed by atoms with E-state index in [0.29, 0.717) is 29.2 Å². The molecule has 2 heterocycles. The molecule has 4 rings (SSSR count). The van der Waals surface area contributed by atoms with Crippen molar-refractivity contribution in [3.63, 3.8) is 0 Å². The van der Waals surface area contributed by atoms with E-state index in [1.165, 1.54) is 4.90 Å². The molecular formula is C23H23N3O4S. The Morgan fingerprint density at radius 2 is 1.58 bits per heavy atom. The molecule has 0 saturated carbocycles. The van der Waals surface area contributed by atoms with E-state index in [4.69, 9.17) is 9.47 Å². The zero-order valence-corrected chi connectivity index (χ0v) is 18.3. The second kappa shape index (κ2) is 9.34. The normalized spacial score (nSPS) is 13.0. The Hall–Kier alpha value is -3.13. The second-order valence-electron chi connectivity index (χ2n) is 7.12. The number of unbranched alkanes of at least 4 members (excludes halogenated alkanes) is 2. The highest BCUT2D eigenvalue weighted by molar-refractivity contribution is 7.99. The molecule has 1 aliphatic heterocycles. The van der Waals surface area contributed by atoms with Gasteiger partial charge in [-0.25, -0.2) is 9.97 Å². The van der Waals surface area contributed by atoms with E-state index in [1.54, 1.807) is 56.6 Å². The highest BCUT2D eigenvalue weighted by Crippen LogP contribution is 2.35. The van der Waals surface area contributed by atoms with Gasteiger partial charge in [-0.15, -0.1) is 11.8 Å². The molecule has 0 bridgehead atoms. The van der Waals surface area contributed by atoms with Crippen molar-refractivity contribution in [1.29, 1.82) is 0 Å². The van der Waals surface area contributed by atoms with Gasteiger partial charge >= 0.3 is 0 Å². The maximum atomic E-state index is 12.4. The molecule has 0 fully saturated rings. The zero-order valence-electron chi connectivity index (χ0n) is 17.5. The Balaban J connectivity index is 1.29. The van der Waals surface area contributed by atoms with Gasteiger partial charge in [0.25, 0.3) is 11.8 Å². The number of carbonyl (C=O) groups excluding carboxylic acids is 2. The summed E-state index contributed by atoms with van der Waals surface area (Å²) in [6.07, 6.45) is 4.20. The fourth-order valence-electron chi connectivity index (χ4n) is 3.63. The number of fused-ring (bicyclic) bond motifs is 2. The van der Waals surface area contributed by atoms with Crippen LogP contribution in [0.5, 0.6) is 11.5 Å². The van der Waals surface area contributed by atoms with E-state index in [2.05, 4.69) is 9.97 Å². The van der Waals surface area contributed by atoms with Crippen LogP contribution in [0, 0.1) is 0 Å². The van der Waals surface area contributed by atoms with Gasteiger partial charge in [0, 0.05) is 18.0 Å². The predicted octanol–water partition coefficient (Wildman–Crippen LogP) is 4.21. The van der Waals surface area contributed by atoms with Crippen molar-refractivity contribution >= 4 is 34.5 Å². The van der Waals surface area contributed by atoms with Crippen LogP contribution in [0.15, 0.2) is 47.8 Å². The summed E-state index contributed by atoms with van der Waals surface area (Å²) >= 11 is 1.66. The summed E-state index contributed by atoms with van der Waals surface area (Å²) in [4.78, 5) is 34.9. The maximum absolute atomic E-state index is 12.4. The lowest BCUT2D eigenvalue weighted by atomic mass is 10.1.